The van der Waals surface area contributed by atoms with Crippen LogP contribution < -0.4 is 5.32 Å². The van der Waals surface area contributed by atoms with Gasteiger partial charge in [0.25, 0.3) is 0 Å². The Kier molecular flexibility index (Phi) is 8.14. The van der Waals surface area contributed by atoms with Crippen LogP contribution in [0.3, 0.4) is 0 Å². The zero-order chi connectivity index (χ0) is 16.4. The van der Waals surface area contributed by atoms with Gasteiger partial charge in [-0.2, -0.15) is 0 Å². The maximum atomic E-state index is 12.6. The molecule has 3 aliphatic rings. The molecule has 2 saturated heterocycles. The molecule has 0 unspecified atom stereocenters. The summed E-state index contributed by atoms with van der Waals surface area (Å²) in [6, 6.07) is 4.44. The van der Waals surface area contributed by atoms with Crippen molar-refractivity contribution >= 4 is 30.7 Å². The summed E-state index contributed by atoms with van der Waals surface area (Å²) >= 11 is 0. The molecule has 0 aromatic carbocycles. The number of rotatable bonds is 5. The molecule has 4 rings (SSSR count). The summed E-state index contributed by atoms with van der Waals surface area (Å²) in [5.74, 6) is 1.82. The summed E-state index contributed by atoms with van der Waals surface area (Å²) in [6.45, 7) is 4.44. The SMILES string of the molecule is Cl.Cl.O=C(N[C@H]1CN(Cc2cccnc2)C[C@@H]1C1CC1)C1CCOCC1. The second kappa shape index (κ2) is 9.88. The van der Waals surface area contributed by atoms with Gasteiger partial charge >= 0.3 is 0 Å². The molecule has 2 aliphatic heterocycles. The monoisotopic (exact) mass is 401 g/mol. The Morgan fingerprint density at radius 1 is 1.19 bits per heavy atom. The van der Waals surface area contributed by atoms with Gasteiger partial charge in [-0.25, -0.2) is 0 Å². The number of halogens is 2. The van der Waals surface area contributed by atoms with E-state index in [0.717, 1.165) is 51.6 Å². The number of aromatic nitrogens is 1. The van der Waals surface area contributed by atoms with Gasteiger partial charge in [0.15, 0.2) is 0 Å². The first kappa shape index (κ1) is 21.4. The van der Waals surface area contributed by atoms with Crippen LogP contribution >= 0.6 is 24.8 Å². The first-order valence-corrected chi connectivity index (χ1v) is 9.29. The highest BCUT2D eigenvalue weighted by molar-refractivity contribution is 5.85. The number of hydrogen-bond acceptors (Lipinski definition) is 4. The first-order valence-electron chi connectivity index (χ1n) is 9.29. The van der Waals surface area contributed by atoms with Gasteiger partial charge in [0, 0.05) is 57.2 Å². The lowest BCUT2D eigenvalue weighted by atomic mass is 9.95. The van der Waals surface area contributed by atoms with E-state index in [4.69, 9.17) is 4.74 Å². The van der Waals surface area contributed by atoms with Crippen molar-refractivity contribution in [1.82, 2.24) is 15.2 Å². The van der Waals surface area contributed by atoms with E-state index in [-0.39, 0.29) is 36.6 Å². The van der Waals surface area contributed by atoms with Crippen LogP contribution in [0.25, 0.3) is 0 Å². The molecule has 26 heavy (non-hydrogen) atoms. The van der Waals surface area contributed by atoms with Crippen LogP contribution in [0.15, 0.2) is 24.5 Å². The first-order chi connectivity index (χ1) is 11.8. The molecule has 0 bridgehead atoms. The number of nitrogens with zero attached hydrogens (tertiary/aromatic N) is 2. The highest BCUT2D eigenvalue weighted by Gasteiger charge is 2.43. The molecule has 0 radical (unpaired) electrons. The topological polar surface area (TPSA) is 54.5 Å². The zero-order valence-corrected chi connectivity index (χ0v) is 16.6. The van der Waals surface area contributed by atoms with E-state index in [9.17, 15) is 4.79 Å². The van der Waals surface area contributed by atoms with Crippen molar-refractivity contribution in [3.8, 4) is 0 Å². The quantitative estimate of drug-likeness (QED) is 0.823. The Morgan fingerprint density at radius 2 is 1.96 bits per heavy atom. The minimum Gasteiger partial charge on any atom is -0.381 e. The summed E-state index contributed by atoms with van der Waals surface area (Å²) in [7, 11) is 0. The fourth-order valence-corrected chi connectivity index (χ4v) is 4.21. The predicted molar refractivity (Wildman–Crippen MR) is 106 cm³/mol. The summed E-state index contributed by atoms with van der Waals surface area (Å²) in [5, 5.41) is 3.38. The zero-order valence-electron chi connectivity index (χ0n) is 15.0. The van der Waals surface area contributed by atoms with Crippen molar-refractivity contribution in [2.75, 3.05) is 26.3 Å². The van der Waals surface area contributed by atoms with Crippen molar-refractivity contribution < 1.29 is 9.53 Å². The summed E-state index contributed by atoms with van der Waals surface area (Å²) < 4.78 is 5.38. The van der Waals surface area contributed by atoms with Gasteiger partial charge in [-0.05, 0) is 49.1 Å². The van der Waals surface area contributed by atoms with Crippen LogP contribution in [0, 0.1) is 17.8 Å². The molecule has 3 heterocycles. The Balaban J connectivity index is 0.00000121. The number of carbonyl (C=O) groups excluding carboxylic acids is 1. The number of carbonyl (C=O) groups is 1. The van der Waals surface area contributed by atoms with Gasteiger partial charge < -0.3 is 10.1 Å². The predicted octanol–water partition coefficient (Wildman–Crippen LogP) is 2.68. The molecule has 1 aliphatic carbocycles. The molecular weight excluding hydrogens is 373 g/mol. The van der Waals surface area contributed by atoms with Crippen LogP contribution in [-0.2, 0) is 16.1 Å². The molecule has 5 nitrogen and oxygen atoms in total. The number of nitrogens with one attached hydrogen (secondary N) is 1. The summed E-state index contributed by atoms with van der Waals surface area (Å²) in [5.41, 5.74) is 1.25. The molecule has 3 fully saturated rings. The van der Waals surface area contributed by atoms with Crippen molar-refractivity contribution in [2.45, 2.75) is 38.3 Å². The fraction of sp³-hybridized carbons (Fsp3) is 0.684. The number of likely N-dealkylation sites (tertiary alicyclic amines) is 1. The van der Waals surface area contributed by atoms with Crippen molar-refractivity contribution in [3.63, 3.8) is 0 Å². The molecule has 1 aromatic rings. The van der Waals surface area contributed by atoms with E-state index in [1.54, 1.807) is 0 Å². The Hall–Kier alpha value is -0.880. The average Bonchev–Trinajstić information content (AvgIpc) is 3.39. The second-order valence-corrected chi connectivity index (χ2v) is 7.56. The van der Waals surface area contributed by atoms with Gasteiger partial charge in [-0.15, -0.1) is 24.8 Å². The number of ether oxygens (including phenoxy) is 1. The van der Waals surface area contributed by atoms with Gasteiger partial charge in [0.1, 0.15) is 0 Å². The van der Waals surface area contributed by atoms with Gasteiger partial charge in [0.2, 0.25) is 5.91 Å². The molecule has 0 spiro atoms. The maximum Gasteiger partial charge on any atom is 0.223 e. The van der Waals surface area contributed by atoms with Crippen LogP contribution in [0.5, 0.6) is 0 Å². The van der Waals surface area contributed by atoms with Crippen LogP contribution in [0.1, 0.15) is 31.2 Å². The molecule has 1 saturated carbocycles. The third kappa shape index (κ3) is 5.32. The average molecular weight is 402 g/mol. The smallest absolute Gasteiger partial charge is 0.223 e. The second-order valence-electron chi connectivity index (χ2n) is 7.56. The Labute approximate surface area is 168 Å². The van der Waals surface area contributed by atoms with E-state index >= 15 is 0 Å². The van der Waals surface area contributed by atoms with Gasteiger partial charge in [-0.1, -0.05) is 6.07 Å². The maximum absolute atomic E-state index is 12.6. The van der Waals surface area contributed by atoms with Gasteiger partial charge in [-0.3, -0.25) is 14.7 Å². The lowest BCUT2D eigenvalue weighted by molar-refractivity contribution is -0.128. The molecule has 1 amide bonds. The standard InChI is InChI=1S/C19H27N3O2.2ClH/c23-19(16-5-8-24-9-6-16)21-18-13-22(12-17(18)15-3-4-15)11-14-2-1-7-20-10-14;;/h1-2,7,10,15-18H,3-6,8-9,11-13H2,(H,21,23);2*1H/t17-,18+;;/m1../s1. The number of pyridine rings is 1. The molecule has 7 heteroatoms. The van der Waals surface area contributed by atoms with Crippen molar-refractivity contribution in [1.29, 1.82) is 0 Å². The van der Waals surface area contributed by atoms with Crippen LogP contribution in [-0.4, -0.2) is 48.1 Å². The van der Waals surface area contributed by atoms with Crippen molar-refractivity contribution in [2.24, 2.45) is 17.8 Å². The van der Waals surface area contributed by atoms with Crippen LogP contribution in [0.2, 0.25) is 0 Å². The third-order valence-corrected chi connectivity index (χ3v) is 5.72. The molecule has 1 aromatic heterocycles. The minimum absolute atomic E-state index is 0. The van der Waals surface area contributed by atoms with Crippen LogP contribution in [0.4, 0.5) is 0 Å². The van der Waals surface area contributed by atoms with Crippen molar-refractivity contribution in [3.05, 3.63) is 30.1 Å². The fourth-order valence-electron chi connectivity index (χ4n) is 4.21. The van der Waals surface area contributed by atoms with Gasteiger partial charge in [0.05, 0.1) is 0 Å². The molecular formula is C19H29Cl2N3O2. The number of hydrogen-bond donors (Lipinski definition) is 1. The van der Waals surface area contributed by atoms with E-state index < -0.39 is 0 Å². The minimum atomic E-state index is 0. The largest absolute Gasteiger partial charge is 0.381 e. The van der Waals surface area contributed by atoms with E-state index in [2.05, 4.69) is 21.3 Å². The number of amides is 1. The highest BCUT2D eigenvalue weighted by atomic mass is 35.5. The summed E-state index contributed by atoms with van der Waals surface area (Å²) in [6.07, 6.45) is 8.15. The Bertz CT molecular complexity index is 565. The summed E-state index contributed by atoms with van der Waals surface area (Å²) in [4.78, 5) is 19.3. The lowest BCUT2D eigenvalue weighted by Crippen LogP contribution is -2.45. The molecule has 1 N–H and O–H groups in total. The third-order valence-electron chi connectivity index (χ3n) is 5.72. The van der Waals surface area contributed by atoms with E-state index in [0.29, 0.717) is 12.0 Å². The van der Waals surface area contributed by atoms with E-state index in [1.165, 1.54) is 18.4 Å². The molecule has 2 atom stereocenters. The Morgan fingerprint density at radius 3 is 2.62 bits per heavy atom. The molecule has 146 valence electrons. The highest BCUT2D eigenvalue weighted by Crippen LogP contribution is 2.41. The normalized spacial score (nSPS) is 26.6. The van der Waals surface area contributed by atoms with E-state index in [1.807, 2.05) is 18.5 Å². The lowest BCUT2D eigenvalue weighted by Gasteiger charge is -2.25.